The minimum absolute atomic E-state index is 0.180. The molecule has 6 heteroatoms. The van der Waals surface area contributed by atoms with Crippen LogP contribution in [0.2, 0.25) is 0 Å². The minimum Gasteiger partial charge on any atom is -0.421 e. The molecule has 0 aromatic carbocycles. The maximum atomic E-state index is 11.2. The monoisotopic (exact) mass is 262 g/mol. The van der Waals surface area contributed by atoms with E-state index in [0.29, 0.717) is 17.3 Å². The molecular formula is C13H18N4O2. The van der Waals surface area contributed by atoms with Gasteiger partial charge in [0.05, 0.1) is 0 Å². The van der Waals surface area contributed by atoms with Gasteiger partial charge in [0.15, 0.2) is 0 Å². The van der Waals surface area contributed by atoms with E-state index in [-0.39, 0.29) is 5.56 Å². The summed E-state index contributed by atoms with van der Waals surface area (Å²) >= 11 is 0. The molecule has 0 spiro atoms. The lowest BCUT2D eigenvalue weighted by molar-refractivity contribution is 0.491. The van der Waals surface area contributed by atoms with Gasteiger partial charge in [-0.05, 0) is 32.0 Å². The first-order chi connectivity index (χ1) is 9.29. The van der Waals surface area contributed by atoms with Crippen molar-refractivity contribution < 1.29 is 4.42 Å². The molecule has 0 saturated heterocycles. The Balaban J connectivity index is 1.90. The Morgan fingerprint density at radius 1 is 1.37 bits per heavy atom. The largest absolute Gasteiger partial charge is 0.421 e. The number of nitrogens with one attached hydrogen (secondary N) is 2. The number of H-pyrrole nitrogens is 1. The summed E-state index contributed by atoms with van der Waals surface area (Å²) in [5, 5.41) is 11.3. The van der Waals surface area contributed by atoms with E-state index in [0.717, 1.165) is 32.4 Å². The van der Waals surface area contributed by atoms with Gasteiger partial charge in [-0.1, -0.05) is 6.92 Å². The summed E-state index contributed by atoms with van der Waals surface area (Å²) in [5.74, 6) is 0.996. The van der Waals surface area contributed by atoms with Gasteiger partial charge in [0.25, 0.3) is 0 Å². The Labute approximate surface area is 111 Å². The van der Waals surface area contributed by atoms with Crippen LogP contribution in [0.25, 0.3) is 11.5 Å². The summed E-state index contributed by atoms with van der Waals surface area (Å²) in [6.07, 6.45) is 4.40. The molecule has 0 atom stereocenters. The zero-order valence-corrected chi connectivity index (χ0v) is 11.0. The van der Waals surface area contributed by atoms with Crippen LogP contribution in [0.15, 0.2) is 27.5 Å². The van der Waals surface area contributed by atoms with Gasteiger partial charge >= 0.3 is 0 Å². The molecule has 0 bridgehead atoms. The summed E-state index contributed by atoms with van der Waals surface area (Å²) < 4.78 is 5.53. The molecule has 0 saturated carbocycles. The third-order valence-electron chi connectivity index (χ3n) is 2.66. The Morgan fingerprint density at radius 3 is 3.05 bits per heavy atom. The second kappa shape index (κ2) is 6.84. The van der Waals surface area contributed by atoms with Crippen LogP contribution in [0, 0.1) is 0 Å². The van der Waals surface area contributed by atoms with Crippen molar-refractivity contribution in [3.05, 3.63) is 34.6 Å². The lowest BCUT2D eigenvalue weighted by atomic mass is 10.3. The molecule has 19 heavy (non-hydrogen) atoms. The van der Waals surface area contributed by atoms with Crippen LogP contribution in [0.1, 0.15) is 25.7 Å². The van der Waals surface area contributed by atoms with Crippen LogP contribution < -0.4 is 10.9 Å². The topological polar surface area (TPSA) is 83.8 Å². The van der Waals surface area contributed by atoms with Gasteiger partial charge in [-0.2, -0.15) is 0 Å². The van der Waals surface area contributed by atoms with Crippen LogP contribution >= 0.6 is 0 Å². The number of aromatic amines is 1. The predicted molar refractivity (Wildman–Crippen MR) is 71.8 cm³/mol. The first-order valence-corrected chi connectivity index (χ1v) is 6.52. The molecular weight excluding hydrogens is 244 g/mol. The fraction of sp³-hybridized carbons (Fsp3) is 0.462. The van der Waals surface area contributed by atoms with Crippen molar-refractivity contribution in [2.24, 2.45) is 0 Å². The summed E-state index contributed by atoms with van der Waals surface area (Å²) in [6.45, 7) is 4.11. The Morgan fingerprint density at radius 2 is 2.26 bits per heavy atom. The van der Waals surface area contributed by atoms with E-state index in [1.807, 2.05) is 0 Å². The van der Waals surface area contributed by atoms with Crippen LogP contribution in [0.4, 0.5) is 0 Å². The smallest absolute Gasteiger partial charge is 0.248 e. The number of nitrogens with zero attached hydrogens (tertiary/aromatic N) is 2. The van der Waals surface area contributed by atoms with E-state index in [4.69, 9.17) is 4.42 Å². The molecule has 0 radical (unpaired) electrons. The van der Waals surface area contributed by atoms with Crippen molar-refractivity contribution in [3.8, 4) is 11.5 Å². The lowest BCUT2D eigenvalue weighted by Gasteiger charge is -1.99. The molecule has 0 fully saturated rings. The van der Waals surface area contributed by atoms with Gasteiger partial charge in [-0.15, -0.1) is 10.2 Å². The fourth-order valence-corrected chi connectivity index (χ4v) is 1.72. The summed E-state index contributed by atoms with van der Waals surface area (Å²) in [7, 11) is 0. The highest BCUT2D eigenvalue weighted by Crippen LogP contribution is 2.15. The molecule has 0 unspecified atom stereocenters. The van der Waals surface area contributed by atoms with Gasteiger partial charge in [0, 0.05) is 24.2 Å². The first kappa shape index (κ1) is 13.5. The zero-order chi connectivity index (χ0) is 13.5. The Bertz CT molecular complexity index is 562. The number of hydrogen-bond donors (Lipinski definition) is 2. The van der Waals surface area contributed by atoms with Gasteiger partial charge < -0.3 is 14.7 Å². The van der Waals surface area contributed by atoms with Crippen molar-refractivity contribution in [3.63, 3.8) is 0 Å². The Kier molecular flexibility index (Phi) is 4.85. The average molecular weight is 262 g/mol. The average Bonchev–Trinajstić information content (AvgIpc) is 2.87. The molecule has 0 amide bonds. The highest BCUT2D eigenvalue weighted by atomic mass is 16.4. The Hall–Kier alpha value is -1.95. The first-order valence-electron chi connectivity index (χ1n) is 6.52. The molecule has 2 heterocycles. The number of rotatable bonds is 7. The summed E-state index contributed by atoms with van der Waals surface area (Å²) in [5.41, 5.74) is 0.465. The maximum Gasteiger partial charge on any atom is 0.248 e. The van der Waals surface area contributed by atoms with Crippen LogP contribution in [-0.2, 0) is 6.42 Å². The predicted octanol–water partition coefficient (Wildman–Crippen LogP) is 1.36. The standard InChI is InChI=1S/C13H18N4O2/c1-2-6-14-7-3-4-12-16-17-13(19-12)10-5-8-15-11(18)9-10/h5,8-9,14H,2-4,6-7H2,1H3,(H,15,18). The SMILES string of the molecule is CCCNCCCc1nnc(-c2cc[nH]c(=O)c2)o1. The summed E-state index contributed by atoms with van der Waals surface area (Å²) in [4.78, 5) is 13.7. The number of aryl methyl sites for hydroxylation is 1. The molecule has 102 valence electrons. The van der Waals surface area contributed by atoms with Crippen molar-refractivity contribution in [2.45, 2.75) is 26.2 Å². The van der Waals surface area contributed by atoms with E-state index < -0.39 is 0 Å². The summed E-state index contributed by atoms with van der Waals surface area (Å²) in [6, 6.07) is 3.18. The zero-order valence-electron chi connectivity index (χ0n) is 11.0. The second-order valence-corrected chi connectivity index (χ2v) is 4.30. The molecule has 2 aromatic rings. The normalized spacial score (nSPS) is 10.8. The van der Waals surface area contributed by atoms with E-state index in [2.05, 4.69) is 27.4 Å². The molecule has 2 rings (SSSR count). The van der Waals surface area contributed by atoms with Crippen LogP contribution in [0.5, 0.6) is 0 Å². The minimum atomic E-state index is -0.180. The highest BCUT2D eigenvalue weighted by Gasteiger charge is 2.08. The van der Waals surface area contributed by atoms with Gasteiger partial charge in [0.2, 0.25) is 17.3 Å². The number of hydrogen-bond acceptors (Lipinski definition) is 5. The molecule has 6 nitrogen and oxygen atoms in total. The van der Waals surface area contributed by atoms with Gasteiger partial charge in [-0.25, -0.2) is 0 Å². The van der Waals surface area contributed by atoms with Crippen molar-refractivity contribution in [1.29, 1.82) is 0 Å². The fourth-order valence-electron chi connectivity index (χ4n) is 1.72. The van der Waals surface area contributed by atoms with E-state index in [9.17, 15) is 4.79 Å². The highest BCUT2D eigenvalue weighted by molar-refractivity contribution is 5.50. The molecule has 0 aliphatic heterocycles. The quantitative estimate of drug-likeness (QED) is 0.736. The molecule has 2 aromatic heterocycles. The maximum absolute atomic E-state index is 11.2. The third kappa shape index (κ3) is 4.03. The van der Waals surface area contributed by atoms with Crippen LogP contribution in [-0.4, -0.2) is 28.3 Å². The molecule has 2 N–H and O–H groups in total. The number of pyridine rings is 1. The third-order valence-corrected chi connectivity index (χ3v) is 2.66. The second-order valence-electron chi connectivity index (χ2n) is 4.30. The van der Waals surface area contributed by atoms with Gasteiger partial charge in [0.1, 0.15) is 0 Å². The molecule has 0 aliphatic rings. The molecule has 0 aliphatic carbocycles. The van der Waals surface area contributed by atoms with Crippen LogP contribution in [0.3, 0.4) is 0 Å². The van der Waals surface area contributed by atoms with Crippen molar-refractivity contribution >= 4 is 0 Å². The van der Waals surface area contributed by atoms with Crippen molar-refractivity contribution in [1.82, 2.24) is 20.5 Å². The van der Waals surface area contributed by atoms with E-state index >= 15 is 0 Å². The lowest BCUT2D eigenvalue weighted by Crippen LogP contribution is -2.16. The van der Waals surface area contributed by atoms with E-state index in [1.165, 1.54) is 6.07 Å². The van der Waals surface area contributed by atoms with Gasteiger partial charge in [-0.3, -0.25) is 4.79 Å². The van der Waals surface area contributed by atoms with E-state index in [1.54, 1.807) is 12.3 Å². The van der Waals surface area contributed by atoms with Crippen molar-refractivity contribution in [2.75, 3.05) is 13.1 Å². The number of aromatic nitrogens is 3.